The number of sulfonamides is 1. The summed E-state index contributed by atoms with van der Waals surface area (Å²) in [5.74, 6) is -0.128. The van der Waals surface area contributed by atoms with Crippen molar-refractivity contribution in [2.45, 2.75) is 64.4 Å². The van der Waals surface area contributed by atoms with E-state index in [4.69, 9.17) is 12.2 Å². The number of rotatable bonds is 9. The normalized spacial score (nSPS) is 19.4. The van der Waals surface area contributed by atoms with Crippen LogP contribution in [0.3, 0.4) is 0 Å². The van der Waals surface area contributed by atoms with Crippen LogP contribution < -0.4 is 20.7 Å². The van der Waals surface area contributed by atoms with Crippen molar-refractivity contribution in [3.8, 4) is 0 Å². The third-order valence-corrected chi connectivity index (χ3v) is 7.43. The summed E-state index contributed by atoms with van der Waals surface area (Å²) in [6, 6.07) is 4.38. The third kappa shape index (κ3) is 5.43. The van der Waals surface area contributed by atoms with Crippen molar-refractivity contribution < 1.29 is 18.0 Å². The smallest absolute Gasteiger partial charge is 0.263 e. The van der Waals surface area contributed by atoms with E-state index in [2.05, 4.69) is 20.7 Å². The van der Waals surface area contributed by atoms with Crippen LogP contribution in [0.25, 0.3) is 0 Å². The molecular weight excluding hydrogens is 436 g/mol. The average molecular weight is 467 g/mol. The van der Waals surface area contributed by atoms with Gasteiger partial charge in [0, 0.05) is 12.2 Å². The Bertz CT molecular complexity index is 1000. The molecule has 0 spiro atoms. The molecule has 0 aliphatic carbocycles. The van der Waals surface area contributed by atoms with Gasteiger partial charge in [-0.05, 0) is 75.5 Å². The van der Waals surface area contributed by atoms with Crippen molar-refractivity contribution in [2.24, 2.45) is 5.41 Å². The molecule has 1 aliphatic rings. The van der Waals surface area contributed by atoms with Gasteiger partial charge >= 0.3 is 0 Å². The fraction of sp³-hybridized carbons (Fsp3) is 0.476. The van der Waals surface area contributed by atoms with Crippen molar-refractivity contribution >= 4 is 39.7 Å². The highest BCUT2D eigenvalue weighted by Gasteiger charge is 2.43. The van der Waals surface area contributed by atoms with Gasteiger partial charge in [-0.3, -0.25) is 14.3 Å². The Hall–Kier alpha value is -2.46. The molecule has 1 aromatic carbocycles. The minimum atomic E-state index is -3.94. The molecule has 2 rings (SSSR count). The Kier molecular flexibility index (Phi) is 7.82. The standard InChI is InChI=1S/C21H30N4O4S2/c1-6-21(15(5)11-22-19(21)27)10-17(23-12-26)16-8-7-14(4)18(9-16)31(28,29)25-20(30)24-13(2)3/h7-9,11-13,17H,6,10H2,1-5H3,(H,22,27)(H,23,26)(H2,24,25,30). The zero-order valence-corrected chi connectivity index (χ0v) is 20.0. The zero-order valence-electron chi connectivity index (χ0n) is 18.4. The van der Waals surface area contributed by atoms with E-state index in [0.717, 1.165) is 5.57 Å². The minimum Gasteiger partial charge on any atom is -0.360 e. The molecule has 8 nitrogen and oxygen atoms in total. The topological polar surface area (TPSA) is 116 Å². The first-order valence-corrected chi connectivity index (χ1v) is 12.0. The first-order chi connectivity index (χ1) is 14.5. The van der Waals surface area contributed by atoms with Crippen molar-refractivity contribution in [3.63, 3.8) is 0 Å². The van der Waals surface area contributed by atoms with E-state index in [-0.39, 0.29) is 22.0 Å². The monoisotopic (exact) mass is 466 g/mol. The summed E-state index contributed by atoms with van der Waals surface area (Å²) in [4.78, 5) is 24.0. The van der Waals surface area contributed by atoms with Crippen LogP contribution in [0, 0.1) is 12.3 Å². The van der Waals surface area contributed by atoms with Gasteiger partial charge in [0.1, 0.15) is 0 Å². The molecule has 10 heteroatoms. The lowest BCUT2D eigenvalue weighted by molar-refractivity contribution is -0.128. The maximum absolute atomic E-state index is 12.9. The van der Waals surface area contributed by atoms with Gasteiger partial charge in [-0.15, -0.1) is 0 Å². The molecule has 31 heavy (non-hydrogen) atoms. The maximum Gasteiger partial charge on any atom is 0.263 e. The largest absolute Gasteiger partial charge is 0.360 e. The highest BCUT2D eigenvalue weighted by molar-refractivity contribution is 7.91. The number of nitrogens with one attached hydrogen (secondary N) is 4. The van der Waals surface area contributed by atoms with E-state index in [9.17, 15) is 18.0 Å². The number of benzene rings is 1. The molecule has 2 unspecified atom stereocenters. The predicted molar refractivity (Wildman–Crippen MR) is 124 cm³/mol. The van der Waals surface area contributed by atoms with E-state index in [0.29, 0.717) is 30.4 Å². The number of hydrogen-bond donors (Lipinski definition) is 4. The second-order valence-corrected chi connectivity index (χ2v) is 10.1. The van der Waals surface area contributed by atoms with Gasteiger partial charge in [0.05, 0.1) is 16.4 Å². The molecule has 0 aromatic heterocycles. The molecule has 1 heterocycles. The third-order valence-electron chi connectivity index (χ3n) is 5.59. The van der Waals surface area contributed by atoms with Gasteiger partial charge in [0.25, 0.3) is 10.0 Å². The highest BCUT2D eigenvalue weighted by atomic mass is 32.2. The summed E-state index contributed by atoms with van der Waals surface area (Å²) in [7, 11) is -3.94. The van der Waals surface area contributed by atoms with Crippen molar-refractivity contribution in [1.82, 2.24) is 20.7 Å². The first kappa shape index (κ1) is 24.8. The Morgan fingerprint density at radius 3 is 2.48 bits per heavy atom. The van der Waals surface area contributed by atoms with Crippen LogP contribution >= 0.6 is 12.2 Å². The second kappa shape index (κ2) is 9.78. The molecule has 0 radical (unpaired) electrons. The molecule has 2 atom stereocenters. The summed E-state index contributed by atoms with van der Waals surface area (Å²) >= 11 is 5.09. The first-order valence-electron chi connectivity index (χ1n) is 10.1. The van der Waals surface area contributed by atoms with E-state index < -0.39 is 21.5 Å². The Labute approximate surface area is 189 Å². The second-order valence-electron chi connectivity index (χ2n) is 8.04. The van der Waals surface area contributed by atoms with Crippen LogP contribution in [0.2, 0.25) is 0 Å². The quantitative estimate of drug-likeness (QED) is 0.327. The van der Waals surface area contributed by atoms with Crippen LogP contribution in [0.1, 0.15) is 57.7 Å². The van der Waals surface area contributed by atoms with Gasteiger partial charge in [-0.1, -0.05) is 19.1 Å². The molecule has 1 aliphatic heterocycles. The number of carbonyl (C=O) groups is 2. The highest BCUT2D eigenvalue weighted by Crippen LogP contribution is 2.42. The number of hydrogen-bond acceptors (Lipinski definition) is 5. The van der Waals surface area contributed by atoms with Gasteiger partial charge in [0.2, 0.25) is 12.3 Å². The predicted octanol–water partition coefficient (Wildman–Crippen LogP) is 2.16. The molecule has 0 fully saturated rings. The summed E-state index contributed by atoms with van der Waals surface area (Å²) in [6.45, 7) is 9.17. The zero-order chi connectivity index (χ0) is 23.4. The van der Waals surface area contributed by atoms with Crippen LogP contribution in [0.4, 0.5) is 0 Å². The fourth-order valence-corrected chi connectivity index (χ4v) is 5.52. The van der Waals surface area contributed by atoms with E-state index in [1.54, 1.807) is 25.3 Å². The van der Waals surface area contributed by atoms with E-state index in [1.165, 1.54) is 6.07 Å². The van der Waals surface area contributed by atoms with Crippen LogP contribution in [-0.2, 0) is 19.6 Å². The lowest BCUT2D eigenvalue weighted by Crippen LogP contribution is -2.42. The number of thiocarbonyl (C=S) groups is 1. The van der Waals surface area contributed by atoms with Gasteiger partial charge in [-0.25, -0.2) is 8.42 Å². The molecular formula is C21H30N4O4S2. The maximum atomic E-state index is 12.9. The molecule has 0 bridgehead atoms. The number of amides is 2. The molecule has 2 amide bonds. The Balaban J connectivity index is 2.42. The van der Waals surface area contributed by atoms with Gasteiger partial charge in [-0.2, -0.15) is 0 Å². The van der Waals surface area contributed by atoms with E-state index >= 15 is 0 Å². The lowest BCUT2D eigenvalue weighted by atomic mass is 9.73. The van der Waals surface area contributed by atoms with Crippen molar-refractivity contribution in [1.29, 1.82) is 0 Å². The molecule has 0 saturated heterocycles. The summed E-state index contributed by atoms with van der Waals surface area (Å²) in [5, 5.41) is 8.36. The number of carbonyl (C=O) groups excluding carboxylic acids is 2. The van der Waals surface area contributed by atoms with Crippen molar-refractivity contribution in [2.75, 3.05) is 0 Å². The van der Waals surface area contributed by atoms with Crippen LogP contribution in [-0.4, -0.2) is 31.9 Å². The van der Waals surface area contributed by atoms with Crippen LogP contribution in [0.15, 0.2) is 34.9 Å². The fourth-order valence-electron chi connectivity index (χ4n) is 3.76. The van der Waals surface area contributed by atoms with Gasteiger partial charge in [0.15, 0.2) is 5.11 Å². The van der Waals surface area contributed by atoms with Gasteiger partial charge < -0.3 is 16.0 Å². The lowest BCUT2D eigenvalue weighted by Gasteiger charge is -2.31. The average Bonchev–Trinajstić information content (AvgIpc) is 2.95. The van der Waals surface area contributed by atoms with E-state index in [1.807, 2.05) is 27.7 Å². The van der Waals surface area contributed by atoms with Crippen molar-refractivity contribution in [3.05, 3.63) is 41.1 Å². The minimum absolute atomic E-state index is 0.00990. The molecule has 1 aromatic rings. The molecule has 0 saturated carbocycles. The Morgan fingerprint density at radius 1 is 1.29 bits per heavy atom. The molecule has 4 N–H and O–H groups in total. The van der Waals surface area contributed by atoms with Crippen LogP contribution in [0.5, 0.6) is 0 Å². The summed E-state index contributed by atoms with van der Waals surface area (Å²) in [6.07, 6.45) is 3.10. The summed E-state index contributed by atoms with van der Waals surface area (Å²) in [5.41, 5.74) is 1.23. The molecule has 170 valence electrons. The number of aryl methyl sites for hydroxylation is 1. The Morgan fingerprint density at radius 2 is 1.97 bits per heavy atom. The summed E-state index contributed by atoms with van der Waals surface area (Å²) < 4.78 is 28.3. The SMILES string of the molecule is CCC1(CC(NC=O)c2ccc(C)c(S(=O)(=O)NC(=S)NC(C)C)c2)C(=O)NC=C1C.